The molecule has 2 atom stereocenters. The van der Waals surface area contributed by atoms with Gasteiger partial charge in [0.1, 0.15) is 18.0 Å². The number of nitrogens with one attached hydrogen (secondary N) is 1. The van der Waals surface area contributed by atoms with E-state index in [1.165, 1.54) is 6.33 Å². The number of ether oxygens (including phenoxy) is 1. The molecule has 3 N–H and O–H groups in total. The molecule has 0 saturated carbocycles. The van der Waals surface area contributed by atoms with Crippen molar-refractivity contribution in [1.29, 1.82) is 0 Å². The molecular formula is C13H22N4O. The molecule has 2 rings (SSSR count). The highest BCUT2D eigenvalue weighted by atomic mass is 16.5. The molecule has 2 unspecified atom stereocenters. The Kier molecular flexibility index (Phi) is 3.43. The van der Waals surface area contributed by atoms with Gasteiger partial charge in [-0.3, -0.25) is 0 Å². The van der Waals surface area contributed by atoms with Crippen LogP contribution in [0.5, 0.6) is 0 Å². The Hall–Kier alpha value is -1.36. The normalized spacial score (nSPS) is 27.7. The fourth-order valence-electron chi connectivity index (χ4n) is 2.35. The highest BCUT2D eigenvalue weighted by Crippen LogP contribution is 2.33. The van der Waals surface area contributed by atoms with Crippen molar-refractivity contribution < 1.29 is 4.74 Å². The van der Waals surface area contributed by atoms with E-state index in [4.69, 9.17) is 10.5 Å². The van der Waals surface area contributed by atoms with E-state index in [9.17, 15) is 0 Å². The van der Waals surface area contributed by atoms with Crippen LogP contribution in [0.1, 0.15) is 45.6 Å². The van der Waals surface area contributed by atoms with Gasteiger partial charge >= 0.3 is 0 Å². The predicted molar refractivity (Wildman–Crippen MR) is 72.6 cm³/mol. The Morgan fingerprint density at radius 3 is 2.78 bits per heavy atom. The van der Waals surface area contributed by atoms with Crippen molar-refractivity contribution in [1.82, 2.24) is 9.97 Å². The van der Waals surface area contributed by atoms with E-state index < -0.39 is 0 Å². The fourth-order valence-corrected chi connectivity index (χ4v) is 2.35. The van der Waals surface area contributed by atoms with Gasteiger partial charge in [-0.25, -0.2) is 9.97 Å². The van der Waals surface area contributed by atoms with Crippen LogP contribution in [0.3, 0.4) is 0 Å². The maximum atomic E-state index is 5.95. The zero-order chi connectivity index (χ0) is 13.3. The van der Waals surface area contributed by atoms with Crippen LogP contribution in [0.15, 0.2) is 6.33 Å². The first-order valence-electron chi connectivity index (χ1n) is 6.44. The summed E-state index contributed by atoms with van der Waals surface area (Å²) in [6.45, 7) is 9.21. The summed E-state index contributed by atoms with van der Waals surface area (Å²) in [5, 5.41) is 3.50. The Morgan fingerprint density at radius 1 is 1.50 bits per heavy atom. The summed E-state index contributed by atoms with van der Waals surface area (Å²) in [7, 11) is 0. The summed E-state index contributed by atoms with van der Waals surface area (Å²) in [6.07, 6.45) is 2.64. The van der Waals surface area contributed by atoms with Crippen LogP contribution in [-0.4, -0.2) is 28.2 Å². The van der Waals surface area contributed by atoms with Gasteiger partial charge in [0.05, 0.1) is 11.6 Å². The third kappa shape index (κ3) is 2.27. The lowest BCUT2D eigenvalue weighted by Crippen LogP contribution is -2.41. The lowest BCUT2D eigenvalue weighted by atomic mass is 9.93. The van der Waals surface area contributed by atoms with Crippen LogP contribution >= 0.6 is 0 Å². The maximum absolute atomic E-state index is 5.95. The topological polar surface area (TPSA) is 73.1 Å². The van der Waals surface area contributed by atoms with Gasteiger partial charge < -0.3 is 15.8 Å². The highest BCUT2D eigenvalue weighted by molar-refractivity contribution is 5.57. The molecule has 0 spiro atoms. The van der Waals surface area contributed by atoms with Gasteiger partial charge in [0.25, 0.3) is 0 Å². The van der Waals surface area contributed by atoms with Crippen LogP contribution in [0.4, 0.5) is 11.6 Å². The summed E-state index contributed by atoms with van der Waals surface area (Å²) in [5.41, 5.74) is 6.84. The van der Waals surface area contributed by atoms with Crippen LogP contribution < -0.4 is 11.1 Å². The number of hydrogen-bond donors (Lipinski definition) is 2. The third-order valence-electron chi connectivity index (χ3n) is 3.78. The summed E-state index contributed by atoms with van der Waals surface area (Å²) >= 11 is 0. The number of nitrogens with zero attached hydrogens (tertiary/aromatic N) is 2. The number of hydrogen-bond acceptors (Lipinski definition) is 5. The Morgan fingerprint density at radius 2 is 2.22 bits per heavy atom. The first-order chi connectivity index (χ1) is 8.44. The van der Waals surface area contributed by atoms with Crippen molar-refractivity contribution in [3.05, 3.63) is 11.9 Å². The van der Waals surface area contributed by atoms with Crippen molar-refractivity contribution in [3.63, 3.8) is 0 Å². The number of nitrogen functional groups attached to an aromatic ring is 1. The molecule has 0 bridgehead atoms. The molecule has 1 aromatic rings. The predicted octanol–water partition coefficient (Wildman–Crippen LogP) is 2.16. The Bertz CT molecular complexity index is 435. The fraction of sp³-hybridized carbons (Fsp3) is 0.692. The van der Waals surface area contributed by atoms with Gasteiger partial charge in [0.2, 0.25) is 0 Å². The standard InChI is InChI=1S/C13H22N4O/c1-8(2)10-11(14)15-7-16-12(10)17-13(4)5-6-18-9(13)3/h7-9H,5-6H2,1-4H3,(H3,14,15,16,17). The highest BCUT2D eigenvalue weighted by Gasteiger charge is 2.37. The minimum atomic E-state index is -0.0928. The smallest absolute Gasteiger partial charge is 0.135 e. The molecule has 18 heavy (non-hydrogen) atoms. The van der Waals surface area contributed by atoms with Gasteiger partial charge in [0.15, 0.2) is 0 Å². The molecule has 0 amide bonds. The number of aromatic nitrogens is 2. The molecule has 1 aliphatic heterocycles. The van der Waals surface area contributed by atoms with E-state index in [-0.39, 0.29) is 17.6 Å². The first-order valence-corrected chi connectivity index (χ1v) is 6.44. The number of nitrogens with two attached hydrogens (primary N) is 1. The van der Waals surface area contributed by atoms with E-state index in [1.54, 1.807) is 0 Å². The summed E-state index contributed by atoms with van der Waals surface area (Å²) < 4.78 is 5.63. The summed E-state index contributed by atoms with van der Waals surface area (Å²) in [5.74, 6) is 1.67. The SMILES string of the molecule is CC(C)c1c(N)ncnc1NC1(C)CCOC1C. The molecular weight excluding hydrogens is 228 g/mol. The van der Waals surface area contributed by atoms with Crippen LogP contribution in [0.2, 0.25) is 0 Å². The van der Waals surface area contributed by atoms with Crippen molar-refractivity contribution in [2.24, 2.45) is 0 Å². The van der Waals surface area contributed by atoms with Gasteiger partial charge in [-0.2, -0.15) is 0 Å². The molecule has 100 valence electrons. The second-order valence-electron chi connectivity index (χ2n) is 5.48. The van der Waals surface area contributed by atoms with Crippen molar-refractivity contribution >= 4 is 11.6 Å². The quantitative estimate of drug-likeness (QED) is 0.860. The largest absolute Gasteiger partial charge is 0.383 e. The van der Waals surface area contributed by atoms with E-state index in [2.05, 4.69) is 43.0 Å². The van der Waals surface area contributed by atoms with Gasteiger partial charge in [-0.05, 0) is 26.2 Å². The van der Waals surface area contributed by atoms with E-state index >= 15 is 0 Å². The minimum Gasteiger partial charge on any atom is -0.383 e. The van der Waals surface area contributed by atoms with Crippen LogP contribution in [0, 0.1) is 0 Å². The van der Waals surface area contributed by atoms with E-state index in [1.807, 2.05) is 0 Å². The average Bonchev–Trinajstić information content (AvgIpc) is 2.58. The van der Waals surface area contributed by atoms with Gasteiger partial charge in [-0.15, -0.1) is 0 Å². The number of rotatable bonds is 3. The van der Waals surface area contributed by atoms with Crippen LogP contribution in [-0.2, 0) is 4.74 Å². The van der Waals surface area contributed by atoms with Crippen molar-refractivity contribution in [2.45, 2.75) is 51.7 Å². The van der Waals surface area contributed by atoms with Gasteiger partial charge in [-0.1, -0.05) is 13.8 Å². The second-order valence-corrected chi connectivity index (χ2v) is 5.48. The average molecular weight is 250 g/mol. The Balaban J connectivity index is 2.32. The molecule has 5 nitrogen and oxygen atoms in total. The zero-order valence-electron chi connectivity index (χ0n) is 11.5. The van der Waals surface area contributed by atoms with Crippen molar-refractivity contribution in [3.8, 4) is 0 Å². The molecule has 1 aromatic heterocycles. The second kappa shape index (κ2) is 4.72. The lowest BCUT2D eigenvalue weighted by molar-refractivity contribution is 0.105. The zero-order valence-corrected chi connectivity index (χ0v) is 11.5. The van der Waals surface area contributed by atoms with E-state index in [0.29, 0.717) is 5.82 Å². The van der Waals surface area contributed by atoms with Crippen LogP contribution in [0.25, 0.3) is 0 Å². The molecule has 2 heterocycles. The lowest BCUT2D eigenvalue weighted by Gasteiger charge is -2.31. The molecule has 0 aromatic carbocycles. The molecule has 1 fully saturated rings. The van der Waals surface area contributed by atoms with Gasteiger partial charge in [0, 0.05) is 12.2 Å². The molecule has 0 radical (unpaired) electrons. The van der Waals surface area contributed by atoms with Crippen molar-refractivity contribution in [2.75, 3.05) is 17.7 Å². The first kappa shape index (κ1) is 13.1. The maximum Gasteiger partial charge on any atom is 0.135 e. The minimum absolute atomic E-state index is 0.0928. The molecule has 0 aliphatic carbocycles. The third-order valence-corrected chi connectivity index (χ3v) is 3.78. The summed E-state index contributed by atoms with van der Waals surface area (Å²) in [4.78, 5) is 8.42. The summed E-state index contributed by atoms with van der Waals surface area (Å²) in [6, 6.07) is 0. The Labute approximate surface area is 108 Å². The monoisotopic (exact) mass is 250 g/mol. The molecule has 5 heteroatoms. The molecule has 1 aliphatic rings. The van der Waals surface area contributed by atoms with E-state index in [0.717, 1.165) is 24.4 Å². The number of anilines is 2. The molecule has 1 saturated heterocycles.